The van der Waals surface area contributed by atoms with E-state index in [1.807, 2.05) is 0 Å². The van der Waals surface area contributed by atoms with E-state index >= 15 is 0 Å². The molecule has 0 radical (unpaired) electrons. The molecule has 1 rings (SSSR count). The van der Waals surface area contributed by atoms with Gasteiger partial charge in [-0.1, -0.05) is 0 Å². The summed E-state index contributed by atoms with van der Waals surface area (Å²) in [5.41, 5.74) is 0. The second-order valence-corrected chi connectivity index (χ2v) is 3.25. The minimum absolute atomic E-state index is 1.23. The standard InChI is InChI=1S/C8H11.CH3Cl.Pd/c1-2-4-6-8-7-5-3-1;1-2;/h1-3H,4,6-8H2;1H3;. The van der Waals surface area contributed by atoms with Crippen LogP contribution in [0.2, 0.25) is 0 Å². The quantitative estimate of drug-likeness (QED) is 0.464. The minimum atomic E-state index is 1.23. The first kappa shape index (κ1) is 11.4. The molecule has 11 heavy (non-hydrogen) atoms. The Morgan fingerprint density at radius 2 is 2.09 bits per heavy atom. The van der Waals surface area contributed by atoms with Gasteiger partial charge in [-0.15, -0.1) is 11.6 Å². The van der Waals surface area contributed by atoms with Crippen molar-refractivity contribution in [1.82, 2.24) is 0 Å². The van der Waals surface area contributed by atoms with Crippen molar-refractivity contribution >= 4 is 11.6 Å². The van der Waals surface area contributed by atoms with E-state index < -0.39 is 0 Å². The Hall–Kier alpha value is 0.432. The number of allylic oxidation sites excluding steroid dienone is 4. The van der Waals surface area contributed by atoms with Gasteiger partial charge in [0.25, 0.3) is 0 Å². The predicted molar refractivity (Wildman–Crippen MR) is 47.5 cm³/mol. The third-order valence-corrected chi connectivity index (χ3v) is 2.07. The molecular weight excluding hydrogens is 250 g/mol. The van der Waals surface area contributed by atoms with Crippen LogP contribution in [-0.4, -0.2) is 6.38 Å². The van der Waals surface area contributed by atoms with Crippen LogP contribution in [-0.2, 0) is 19.2 Å². The molecule has 1 aliphatic carbocycles. The van der Waals surface area contributed by atoms with Crippen molar-refractivity contribution in [3.05, 3.63) is 22.3 Å². The molecule has 67 valence electrons. The first-order chi connectivity index (χ1) is 5.39. The van der Waals surface area contributed by atoms with Gasteiger partial charge in [0, 0.05) is 6.38 Å². The summed E-state index contributed by atoms with van der Waals surface area (Å²) in [7, 11) is 0. The predicted octanol–water partition coefficient (Wildman–Crippen LogP) is 3.40. The van der Waals surface area contributed by atoms with E-state index in [1.54, 1.807) is 0 Å². The Kier molecular flexibility index (Phi) is 8.86. The third-order valence-electron chi connectivity index (χ3n) is 1.42. The van der Waals surface area contributed by atoms with Gasteiger partial charge >= 0.3 is 67.2 Å². The Balaban J connectivity index is 0.000000461. The zero-order valence-corrected chi connectivity index (χ0v) is 9.07. The summed E-state index contributed by atoms with van der Waals surface area (Å²) < 4.78 is 1.37. The van der Waals surface area contributed by atoms with Crippen molar-refractivity contribution in [2.24, 2.45) is 0 Å². The van der Waals surface area contributed by atoms with Crippen molar-refractivity contribution in [2.45, 2.75) is 25.7 Å². The Morgan fingerprint density at radius 3 is 2.82 bits per heavy atom. The molecule has 0 heterocycles. The molecular formula is C9H14ClPd. The van der Waals surface area contributed by atoms with Gasteiger partial charge in [0.2, 0.25) is 0 Å². The van der Waals surface area contributed by atoms with Gasteiger partial charge in [0.05, 0.1) is 0 Å². The number of halogens is 1. The van der Waals surface area contributed by atoms with Crippen LogP contribution in [0, 0.1) is 0 Å². The SMILES string of the molecule is CCl.[Pd][C]1=CC=CCCCC1. The first-order valence-electron chi connectivity index (χ1n) is 3.75. The molecule has 0 fully saturated rings. The van der Waals surface area contributed by atoms with E-state index in [1.165, 1.54) is 36.1 Å². The van der Waals surface area contributed by atoms with E-state index in [0.717, 1.165) is 0 Å². The zero-order valence-electron chi connectivity index (χ0n) is 6.75. The fraction of sp³-hybridized carbons (Fsp3) is 0.556. The summed E-state index contributed by atoms with van der Waals surface area (Å²) >= 11 is 7.87. The fourth-order valence-corrected chi connectivity index (χ4v) is 1.32. The molecule has 0 aromatic rings. The summed E-state index contributed by atoms with van der Waals surface area (Å²) in [5, 5.41) is 0. The maximum absolute atomic E-state index is 4.64. The van der Waals surface area contributed by atoms with Crippen LogP contribution in [0.3, 0.4) is 0 Å². The van der Waals surface area contributed by atoms with E-state index in [-0.39, 0.29) is 0 Å². The Morgan fingerprint density at radius 1 is 1.36 bits per heavy atom. The van der Waals surface area contributed by atoms with Crippen LogP contribution < -0.4 is 0 Å². The summed E-state index contributed by atoms with van der Waals surface area (Å²) in [5.74, 6) is 0. The van der Waals surface area contributed by atoms with Crippen LogP contribution in [0.15, 0.2) is 22.3 Å². The van der Waals surface area contributed by atoms with Gasteiger partial charge in [0.15, 0.2) is 0 Å². The van der Waals surface area contributed by atoms with Gasteiger partial charge in [-0.25, -0.2) is 0 Å². The summed E-state index contributed by atoms with van der Waals surface area (Å²) in [6.07, 6.45) is 13.1. The third kappa shape index (κ3) is 6.82. The molecule has 0 atom stereocenters. The molecule has 0 amide bonds. The second kappa shape index (κ2) is 8.53. The van der Waals surface area contributed by atoms with Gasteiger partial charge in [-0.05, 0) is 0 Å². The molecule has 0 saturated carbocycles. The van der Waals surface area contributed by atoms with E-state index in [0.29, 0.717) is 0 Å². The molecule has 0 aliphatic heterocycles. The van der Waals surface area contributed by atoms with Crippen molar-refractivity contribution < 1.29 is 19.2 Å². The summed E-state index contributed by atoms with van der Waals surface area (Å²) in [6, 6.07) is 0. The molecule has 0 aromatic carbocycles. The molecule has 0 nitrogen and oxygen atoms in total. The molecule has 0 saturated heterocycles. The van der Waals surface area contributed by atoms with Gasteiger partial charge in [-0.3, -0.25) is 0 Å². The maximum atomic E-state index is 4.64. The molecule has 0 spiro atoms. The monoisotopic (exact) mass is 263 g/mol. The zero-order chi connectivity index (χ0) is 8.53. The number of hydrogen-bond acceptors (Lipinski definition) is 0. The number of alkyl halides is 1. The summed E-state index contributed by atoms with van der Waals surface area (Å²) in [6.45, 7) is 0. The van der Waals surface area contributed by atoms with E-state index in [9.17, 15) is 0 Å². The van der Waals surface area contributed by atoms with Gasteiger partial charge in [0.1, 0.15) is 0 Å². The van der Waals surface area contributed by atoms with Crippen LogP contribution in [0.5, 0.6) is 0 Å². The average Bonchev–Trinajstić information content (AvgIpc) is 2.01. The second-order valence-electron chi connectivity index (χ2n) is 2.25. The van der Waals surface area contributed by atoms with Crippen LogP contribution in [0.1, 0.15) is 25.7 Å². The molecule has 0 unspecified atom stereocenters. The molecule has 0 N–H and O–H groups in total. The average molecular weight is 264 g/mol. The first-order valence-corrected chi connectivity index (χ1v) is 5.29. The number of rotatable bonds is 0. The van der Waals surface area contributed by atoms with E-state index in [4.69, 9.17) is 0 Å². The van der Waals surface area contributed by atoms with Crippen molar-refractivity contribution in [2.75, 3.05) is 6.38 Å². The number of hydrogen-bond donors (Lipinski definition) is 0. The normalized spacial score (nSPS) is 17.3. The van der Waals surface area contributed by atoms with Crippen molar-refractivity contribution in [3.8, 4) is 0 Å². The molecule has 2 heteroatoms. The molecule has 1 aliphatic rings. The van der Waals surface area contributed by atoms with Crippen LogP contribution in [0.4, 0.5) is 0 Å². The van der Waals surface area contributed by atoms with Crippen LogP contribution >= 0.6 is 11.6 Å². The Labute approximate surface area is 85.1 Å². The van der Waals surface area contributed by atoms with Crippen molar-refractivity contribution in [3.63, 3.8) is 0 Å². The topological polar surface area (TPSA) is 0 Å². The van der Waals surface area contributed by atoms with Crippen LogP contribution in [0.25, 0.3) is 0 Å². The summed E-state index contributed by atoms with van der Waals surface area (Å²) in [4.78, 5) is 0. The van der Waals surface area contributed by atoms with Crippen molar-refractivity contribution in [1.29, 1.82) is 0 Å². The molecule has 0 aromatic heterocycles. The van der Waals surface area contributed by atoms with Gasteiger partial charge < -0.3 is 0 Å². The molecule has 0 bridgehead atoms. The van der Waals surface area contributed by atoms with Gasteiger partial charge in [-0.2, -0.15) is 0 Å². The fourth-order valence-electron chi connectivity index (χ4n) is 0.891. The Bertz CT molecular complexity index is 138. The van der Waals surface area contributed by atoms with E-state index in [2.05, 4.69) is 49.0 Å².